The van der Waals surface area contributed by atoms with E-state index < -0.39 is 22.3 Å². The Bertz CT molecular complexity index is 648. The first-order valence-corrected chi connectivity index (χ1v) is 8.05. The molecule has 0 aliphatic carbocycles. The van der Waals surface area contributed by atoms with Gasteiger partial charge in [-0.25, -0.2) is 13.2 Å². The molecule has 0 radical (unpaired) electrons. The van der Waals surface area contributed by atoms with E-state index in [0.29, 0.717) is 5.56 Å². The number of benzene rings is 2. The van der Waals surface area contributed by atoms with Crippen LogP contribution in [0.5, 0.6) is 0 Å². The van der Waals surface area contributed by atoms with Crippen LogP contribution < -0.4 is 0 Å². The number of hydrogen-bond donors (Lipinski definition) is 0. The molecule has 2 aromatic rings. The molecule has 106 valence electrons. The number of aryl methyl sites for hydroxylation is 1. The maximum absolute atomic E-state index is 13.3. The molecule has 0 amide bonds. The minimum absolute atomic E-state index is 0.304. The van der Waals surface area contributed by atoms with Gasteiger partial charge >= 0.3 is 0 Å². The fourth-order valence-corrected chi connectivity index (χ4v) is 3.76. The Balaban J connectivity index is 2.51. The van der Waals surface area contributed by atoms with Crippen LogP contribution in [0.15, 0.2) is 33.2 Å². The number of rotatable bonds is 2. The summed E-state index contributed by atoms with van der Waals surface area (Å²) in [5.74, 6) is -3.86. The van der Waals surface area contributed by atoms with E-state index in [0.717, 1.165) is 32.2 Å². The van der Waals surface area contributed by atoms with Crippen molar-refractivity contribution in [3.8, 4) is 0 Å². The molecule has 2 rings (SSSR count). The molecule has 6 heteroatoms. The Morgan fingerprint density at radius 3 is 2.00 bits per heavy atom. The minimum Gasteiger partial charge on any atom is -0.204 e. The topological polar surface area (TPSA) is 0 Å². The lowest BCUT2D eigenvalue weighted by molar-refractivity contribution is 0.445. The molecule has 0 nitrogen and oxygen atoms in total. The number of alkyl halides is 1. The quantitative estimate of drug-likeness (QED) is 0.349. The summed E-state index contributed by atoms with van der Waals surface area (Å²) >= 11 is 10.2. The monoisotopic (exact) mass is 470 g/mol. The fraction of sp³-hybridized carbons (Fsp3) is 0.143. The normalized spacial score (nSPS) is 12.6. The van der Waals surface area contributed by atoms with Crippen LogP contribution in [0.25, 0.3) is 0 Å². The summed E-state index contributed by atoms with van der Waals surface area (Å²) in [6, 6.07) is 5.71. The van der Waals surface area contributed by atoms with Gasteiger partial charge in [0.2, 0.25) is 0 Å². The molecule has 0 aromatic heterocycles. The van der Waals surface area contributed by atoms with Crippen LogP contribution in [-0.2, 0) is 0 Å². The average molecular weight is 473 g/mol. The van der Waals surface area contributed by atoms with E-state index in [1.165, 1.54) is 0 Å². The highest BCUT2D eigenvalue weighted by Gasteiger charge is 2.19. The summed E-state index contributed by atoms with van der Waals surface area (Å²) in [6.07, 6.45) is 0. The van der Waals surface area contributed by atoms with Gasteiger partial charge in [0.15, 0.2) is 17.5 Å². The molecule has 0 bridgehead atoms. The van der Waals surface area contributed by atoms with Crippen molar-refractivity contribution in [1.29, 1.82) is 0 Å². The average Bonchev–Trinajstić information content (AvgIpc) is 2.38. The van der Waals surface area contributed by atoms with Gasteiger partial charge in [-0.05, 0) is 47.9 Å². The summed E-state index contributed by atoms with van der Waals surface area (Å²) in [6.45, 7) is 1.93. The number of halogens is 6. The van der Waals surface area contributed by atoms with Gasteiger partial charge in [-0.3, -0.25) is 0 Å². The van der Waals surface area contributed by atoms with Gasteiger partial charge < -0.3 is 0 Å². The SMILES string of the molecule is Cc1cc(Br)c(C(Br)c2cc(F)c(F)c(F)c2)cc1Br. The van der Waals surface area contributed by atoms with Crippen LogP contribution in [0.1, 0.15) is 21.5 Å². The lowest BCUT2D eigenvalue weighted by atomic mass is 10.0. The smallest absolute Gasteiger partial charge is 0.194 e. The molecule has 0 aliphatic rings. The highest BCUT2D eigenvalue weighted by atomic mass is 79.9. The van der Waals surface area contributed by atoms with E-state index in [-0.39, 0.29) is 0 Å². The maximum atomic E-state index is 13.3. The first-order chi connectivity index (χ1) is 9.31. The lowest BCUT2D eigenvalue weighted by Crippen LogP contribution is -2.00. The van der Waals surface area contributed by atoms with Gasteiger partial charge in [0, 0.05) is 8.95 Å². The van der Waals surface area contributed by atoms with Gasteiger partial charge in [-0.15, -0.1) is 0 Å². The Morgan fingerprint density at radius 1 is 0.900 bits per heavy atom. The first kappa shape index (κ1) is 16.0. The molecule has 0 fully saturated rings. The Morgan fingerprint density at radius 2 is 1.45 bits per heavy atom. The molecule has 2 aromatic carbocycles. The van der Waals surface area contributed by atoms with E-state index in [9.17, 15) is 13.2 Å². The summed E-state index contributed by atoms with van der Waals surface area (Å²) in [7, 11) is 0. The van der Waals surface area contributed by atoms with Crippen molar-refractivity contribution in [2.45, 2.75) is 11.8 Å². The van der Waals surface area contributed by atoms with Crippen LogP contribution >= 0.6 is 47.8 Å². The second kappa shape index (κ2) is 6.20. The molecule has 0 heterocycles. The predicted octanol–water partition coefficient (Wildman–Crippen LogP) is 6.42. The first-order valence-electron chi connectivity index (χ1n) is 5.55. The highest BCUT2D eigenvalue weighted by Crippen LogP contribution is 2.38. The third-order valence-corrected chi connectivity index (χ3v) is 5.41. The van der Waals surface area contributed by atoms with Crippen LogP contribution in [0.4, 0.5) is 13.2 Å². The standard InChI is InChI=1S/C14H8Br3F3/c1-6-2-10(16)8(5-9(6)15)13(17)7-3-11(18)14(20)12(19)4-7/h2-5,13H,1H3. The van der Waals surface area contributed by atoms with Crippen LogP contribution in [0, 0.1) is 24.4 Å². The molecule has 20 heavy (non-hydrogen) atoms. The summed E-state index contributed by atoms with van der Waals surface area (Å²) in [5, 5.41) is 0. The molecule has 1 atom stereocenters. The number of hydrogen-bond acceptors (Lipinski definition) is 0. The van der Waals surface area contributed by atoms with Crippen molar-refractivity contribution in [3.05, 3.63) is 67.4 Å². The second-order valence-electron chi connectivity index (χ2n) is 4.28. The minimum atomic E-state index is -1.46. The van der Waals surface area contributed by atoms with Crippen LogP contribution in [0.2, 0.25) is 0 Å². The van der Waals surface area contributed by atoms with Gasteiger partial charge in [-0.2, -0.15) is 0 Å². The molecule has 1 unspecified atom stereocenters. The van der Waals surface area contributed by atoms with Crippen molar-refractivity contribution >= 4 is 47.8 Å². The van der Waals surface area contributed by atoms with Crippen molar-refractivity contribution in [3.63, 3.8) is 0 Å². The zero-order valence-electron chi connectivity index (χ0n) is 10.2. The summed E-state index contributed by atoms with van der Waals surface area (Å²) < 4.78 is 41.3. The highest BCUT2D eigenvalue weighted by molar-refractivity contribution is 9.11. The van der Waals surface area contributed by atoms with E-state index >= 15 is 0 Å². The van der Waals surface area contributed by atoms with Crippen molar-refractivity contribution in [1.82, 2.24) is 0 Å². The van der Waals surface area contributed by atoms with Gasteiger partial charge in [-0.1, -0.05) is 47.8 Å². The summed E-state index contributed by atoms with van der Waals surface area (Å²) in [5.41, 5.74) is 2.11. The van der Waals surface area contributed by atoms with E-state index in [1.54, 1.807) is 0 Å². The van der Waals surface area contributed by atoms with Crippen molar-refractivity contribution in [2.75, 3.05) is 0 Å². The van der Waals surface area contributed by atoms with Crippen LogP contribution in [0.3, 0.4) is 0 Å². The molecule has 0 saturated carbocycles. The lowest BCUT2D eigenvalue weighted by Gasteiger charge is -2.15. The van der Waals surface area contributed by atoms with Gasteiger partial charge in [0.05, 0.1) is 4.83 Å². The Kier molecular flexibility index (Phi) is 4.97. The van der Waals surface area contributed by atoms with Crippen molar-refractivity contribution in [2.24, 2.45) is 0 Å². The maximum Gasteiger partial charge on any atom is 0.194 e. The van der Waals surface area contributed by atoms with Crippen molar-refractivity contribution < 1.29 is 13.2 Å². The van der Waals surface area contributed by atoms with Gasteiger partial charge in [0.1, 0.15) is 0 Å². The molecule has 0 N–H and O–H groups in total. The van der Waals surface area contributed by atoms with Crippen LogP contribution in [-0.4, -0.2) is 0 Å². The molecule has 0 aliphatic heterocycles. The second-order valence-corrected chi connectivity index (χ2v) is 6.91. The molecular weight excluding hydrogens is 465 g/mol. The Hall–Kier alpha value is -0.330. The fourth-order valence-electron chi connectivity index (χ4n) is 1.76. The van der Waals surface area contributed by atoms with E-state index in [1.807, 2.05) is 19.1 Å². The zero-order valence-corrected chi connectivity index (χ0v) is 14.9. The molecular formula is C14H8Br3F3. The van der Waals surface area contributed by atoms with Gasteiger partial charge in [0.25, 0.3) is 0 Å². The molecule has 0 saturated heterocycles. The third kappa shape index (κ3) is 3.12. The van der Waals surface area contributed by atoms with E-state index in [2.05, 4.69) is 47.8 Å². The third-order valence-electron chi connectivity index (χ3n) is 2.85. The Labute approximate surface area is 139 Å². The zero-order chi connectivity index (χ0) is 15.0. The summed E-state index contributed by atoms with van der Waals surface area (Å²) in [4.78, 5) is -0.460. The van der Waals surface area contributed by atoms with E-state index in [4.69, 9.17) is 0 Å². The largest absolute Gasteiger partial charge is 0.204 e. The molecule has 0 spiro atoms. The predicted molar refractivity (Wildman–Crippen MR) is 83.7 cm³/mol.